The minimum Gasteiger partial charge on any atom is -0.494 e. The largest absolute Gasteiger partial charge is 0.494 e. The van der Waals surface area contributed by atoms with Crippen molar-refractivity contribution in [2.75, 3.05) is 19.7 Å². The number of halogens is 1. The molecule has 16 heavy (non-hydrogen) atoms. The summed E-state index contributed by atoms with van der Waals surface area (Å²) in [5, 5.41) is 3.32. The molecule has 0 heterocycles. The molecule has 0 fully saturated rings. The molecule has 1 aromatic carbocycles. The molecular formula is C13H20BrNO. The van der Waals surface area contributed by atoms with Crippen molar-refractivity contribution >= 4 is 15.9 Å². The van der Waals surface area contributed by atoms with Gasteiger partial charge in [0.15, 0.2) is 0 Å². The predicted octanol–water partition coefficient (Wildman–Crippen LogP) is 3.61. The molecule has 1 rings (SSSR count). The Morgan fingerprint density at radius 3 is 2.56 bits per heavy atom. The lowest BCUT2D eigenvalue weighted by molar-refractivity contribution is 0.305. The molecule has 0 amide bonds. The van der Waals surface area contributed by atoms with Crippen LogP contribution in [0.1, 0.15) is 26.2 Å². The van der Waals surface area contributed by atoms with E-state index in [9.17, 15) is 0 Å². The van der Waals surface area contributed by atoms with E-state index >= 15 is 0 Å². The Labute approximate surface area is 107 Å². The SMILES string of the molecule is CCNCCCCCOc1ccc(Br)cc1. The Hall–Kier alpha value is -0.540. The summed E-state index contributed by atoms with van der Waals surface area (Å²) in [7, 11) is 0. The van der Waals surface area contributed by atoms with E-state index in [-0.39, 0.29) is 0 Å². The van der Waals surface area contributed by atoms with Crippen LogP contribution in [-0.4, -0.2) is 19.7 Å². The summed E-state index contributed by atoms with van der Waals surface area (Å²) in [5.41, 5.74) is 0. The molecule has 0 bridgehead atoms. The predicted molar refractivity (Wildman–Crippen MR) is 72.0 cm³/mol. The molecule has 0 saturated carbocycles. The molecule has 0 unspecified atom stereocenters. The molecule has 0 atom stereocenters. The lowest BCUT2D eigenvalue weighted by Crippen LogP contribution is -2.14. The summed E-state index contributed by atoms with van der Waals surface area (Å²) in [6.07, 6.45) is 3.59. The van der Waals surface area contributed by atoms with Gasteiger partial charge in [0.25, 0.3) is 0 Å². The lowest BCUT2D eigenvalue weighted by atomic mass is 10.2. The molecule has 1 aromatic rings. The molecule has 0 aliphatic carbocycles. The van der Waals surface area contributed by atoms with Gasteiger partial charge in [-0.1, -0.05) is 22.9 Å². The van der Waals surface area contributed by atoms with Crippen molar-refractivity contribution in [3.8, 4) is 5.75 Å². The average Bonchev–Trinajstić information content (AvgIpc) is 2.30. The molecule has 0 aromatic heterocycles. The van der Waals surface area contributed by atoms with Crippen molar-refractivity contribution in [1.82, 2.24) is 5.32 Å². The molecular weight excluding hydrogens is 266 g/mol. The molecule has 3 heteroatoms. The standard InChI is InChI=1S/C13H20BrNO/c1-2-15-10-4-3-5-11-16-13-8-6-12(14)7-9-13/h6-9,15H,2-5,10-11H2,1H3. The zero-order valence-corrected chi connectivity index (χ0v) is 11.4. The van der Waals surface area contributed by atoms with Crippen LogP contribution < -0.4 is 10.1 Å². The number of rotatable bonds is 8. The van der Waals surface area contributed by atoms with Gasteiger partial charge in [-0.25, -0.2) is 0 Å². The summed E-state index contributed by atoms with van der Waals surface area (Å²) in [6.45, 7) is 5.13. The molecule has 0 saturated heterocycles. The zero-order valence-electron chi connectivity index (χ0n) is 9.84. The quantitative estimate of drug-likeness (QED) is 0.737. The number of hydrogen-bond acceptors (Lipinski definition) is 2. The third-order valence-corrected chi connectivity index (χ3v) is 2.86. The normalized spacial score (nSPS) is 10.4. The summed E-state index contributed by atoms with van der Waals surface area (Å²) in [6, 6.07) is 7.98. The Morgan fingerprint density at radius 1 is 1.12 bits per heavy atom. The summed E-state index contributed by atoms with van der Waals surface area (Å²) >= 11 is 3.40. The van der Waals surface area contributed by atoms with Gasteiger partial charge in [-0.3, -0.25) is 0 Å². The van der Waals surface area contributed by atoms with Crippen molar-refractivity contribution in [2.24, 2.45) is 0 Å². The zero-order chi connectivity index (χ0) is 11.6. The fourth-order valence-corrected chi connectivity index (χ4v) is 1.69. The van der Waals surface area contributed by atoms with Crippen LogP contribution in [0.25, 0.3) is 0 Å². The van der Waals surface area contributed by atoms with Crippen molar-refractivity contribution in [2.45, 2.75) is 26.2 Å². The number of hydrogen-bond donors (Lipinski definition) is 1. The maximum absolute atomic E-state index is 5.63. The number of ether oxygens (including phenoxy) is 1. The molecule has 2 nitrogen and oxygen atoms in total. The van der Waals surface area contributed by atoms with Crippen LogP contribution >= 0.6 is 15.9 Å². The van der Waals surface area contributed by atoms with Gasteiger partial charge in [-0.15, -0.1) is 0 Å². The highest BCUT2D eigenvalue weighted by molar-refractivity contribution is 9.10. The second-order valence-corrected chi connectivity index (χ2v) is 4.63. The maximum atomic E-state index is 5.63. The van der Waals surface area contributed by atoms with Gasteiger partial charge in [0.05, 0.1) is 6.61 Å². The van der Waals surface area contributed by atoms with Crippen LogP contribution in [0, 0.1) is 0 Å². The van der Waals surface area contributed by atoms with Crippen LogP contribution in [0.3, 0.4) is 0 Å². The van der Waals surface area contributed by atoms with Crippen molar-refractivity contribution in [1.29, 1.82) is 0 Å². The minimum absolute atomic E-state index is 0.813. The van der Waals surface area contributed by atoms with Crippen molar-refractivity contribution < 1.29 is 4.74 Å². The Kier molecular flexibility index (Phi) is 7.26. The Bertz CT molecular complexity index is 274. The average molecular weight is 286 g/mol. The number of unbranched alkanes of at least 4 members (excludes halogenated alkanes) is 2. The first-order chi connectivity index (χ1) is 7.83. The van der Waals surface area contributed by atoms with E-state index in [2.05, 4.69) is 28.2 Å². The maximum Gasteiger partial charge on any atom is 0.119 e. The molecule has 1 N–H and O–H groups in total. The van der Waals surface area contributed by atoms with Gasteiger partial charge < -0.3 is 10.1 Å². The molecule has 0 spiro atoms. The van der Waals surface area contributed by atoms with Gasteiger partial charge in [-0.2, -0.15) is 0 Å². The van der Waals surface area contributed by atoms with E-state index < -0.39 is 0 Å². The van der Waals surface area contributed by atoms with Crippen LogP contribution in [0.15, 0.2) is 28.7 Å². The van der Waals surface area contributed by atoms with Crippen LogP contribution in [0.4, 0.5) is 0 Å². The number of benzene rings is 1. The first-order valence-corrected chi connectivity index (χ1v) is 6.71. The Morgan fingerprint density at radius 2 is 1.88 bits per heavy atom. The first kappa shape index (κ1) is 13.5. The smallest absolute Gasteiger partial charge is 0.119 e. The lowest BCUT2D eigenvalue weighted by Gasteiger charge is -2.06. The van der Waals surface area contributed by atoms with Gasteiger partial charge in [0.2, 0.25) is 0 Å². The van der Waals surface area contributed by atoms with E-state index in [4.69, 9.17) is 4.74 Å². The highest BCUT2D eigenvalue weighted by atomic mass is 79.9. The highest BCUT2D eigenvalue weighted by Gasteiger charge is 1.94. The monoisotopic (exact) mass is 285 g/mol. The topological polar surface area (TPSA) is 21.3 Å². The molecule has 0 aliphatic rings. The summed E-state index contributed by atoms with van der Waals surface area (Å²) in [4.78, 5) is 0. The van der Waals surface area contributed by atoms with Gasteiger partial charge in [-0.05, 0) is 56.6 Å². The van der Waals surface area contributed by atoms with Crippen LogP contribution in [-0.2, 0) is 0 Å². The van der Waals surface area contributed by atoms with Crippen LogP contribution in [0.2, 0.25) is 0 Å². The highest BCUT2D eigenvalue weighted by Crippen LogP contribution is 2.16. The van der Waals surface area contributed by atoms with Crippen molar-refractivity contribution in [3.63, 3.8) is 0 Å². The van der Waals surface area contributed by atoms with E-state index in [0.717, 1.165) is 36.3 Å². The van der Waals surface area contributed by atoms with E-state index in [1.807, 2.05) is 24.3 Å². The van der Waals surface area contributed by atoms with E-state index in [1.54, 1.807) is 0 Å². The molecule has 0 aliphatic heterocycles. The van der Waals surface area contributed by atoms with E-state index in [1.165, 1.54) is 12.8 Å². The third kappa shape index (κ3) is 6.13. The van der Waals surface area contributed by atoms with Gasteiger partial charge >= 0.3 is 0 Å². The van der Waals surface area contributed by atoms with Crippen molar-refractivity contribution in [3.05, 3.63) is 28.7 Å². The summed E-state index contributed by atoms with van der Waals surface area (Å²) in [5.74, 6) is 0.954. The molecule has 0 radical (unpaired) electrons. The molecule has 90 valence electrons. The van der Waals surface area contributed by atoms with Gasteiger partial charge in [0.1, 0.15) is 5.75 Å². The Balaban J connectivity index is 2.01. The minimum atomic E-state index is 0.813. The summed E-state index contributed by atoms with van der Waals surface area (Å²) < 4.78 is 6.71. The van der Waals surface area contributed by atoms with Crippen LogP contribution in [0.5, 0.6) is 5.75 Å². The first-order valence-electron chi connectivity index (χ1n) is 5.92. The van der Waals surface area contributed by atoms with E-state index in [0.29, 0.717) is 0 Å². The number of nitrogens with one attached hydrogen (secondary N) is 1. The second-order valence-electron chi connectivity index (χ2n) is 3.72. The second kappa shape index (κ2) is 8.59. The fraction of sp³-hybridized carbons (Fsp3) is 0.538. The fourth-order valence-electron chi connectivity index (χ4n) is 1.43. The van der Waals surface area contributed by atoms with Gasteiger partial charge in [0, 0.05) is 4.47 Å². The third-order valence-electron chi connectivity index (χ3n) is 2.33.